The van der Waals surface area contributed by atoms with Gasteiger partial charge in [-0.3, -0.25) is 9.78 Å². The third-order valence-electron chi connectivity index (χ3n) is 4.20. The van der Waals surface area contributed by atoms with Crippen LogP contribution in [0.4, 0.5) is 5.69 Å². The van der Waals surface area contributed by atoms with E-state index in [1.807, 2.05) is 60.2 Å². The zero-order chi connectivity index (χ0) is 17.1. The average molecular weight is 347 g/mol. The second-order valence-corrected chi connectivity index (χ2v) is 6.62. The van der Waals surface area contributed by atoms with Crippen molar-refractivity contribution in [2.45, 2.75) is 12.5 Å². The minimum absolute atomic E-state index is 0.0100. The molecule has 0 aliphatic carbocycles. The van der Waals surface area contributed by atoms with Crippen molar-refractivity contribution in [2.75, 3.05) is 5.32 Å². The first-order chi connectivity index (χ1) is 12.3. The van der Waals surface area contributed by atoms with Crippen LogP contribution in [0.15, 0.2) is 77.9 Å². The van der Waals surface area contributed by atoms with Crippen LogP contribution in [0.25, 0.3) is 10.9 Å². The smallest absolute Gasteiger partial charge is 0.226 e. The van der Waals surface area contributed by atoms with Gasteiger partial charge in [-0.1, -0.05) is 18.2 Å². The van der Waals surface area contributed by atoms with Crippen LogP contribution >= 0.6 is 11.3 Å². The number of carbonyl (C=O) groups excluding carboxylic acids is 1. The van der Waals surface area contributed by atoms with Crippen LogP contribution in [0, 0.1) is 0 Å². The number of hydrogen-bond acceptors (Lipinski definition) is 3. The van der Waals surface area contributed by atoms with Crippen molar-refractivity contribution in [2.24, 2.45) is 0 Å². The first-order valence-electron chi connectivity index (χ1n) is 8.09. The van der Waals surface area contributed by atoms with Gasteiger partial charge in [0.2, 0.25) is 5.91 Å². The van der Waals surface area contributed by atoms with E-state index in [0.29, 0.717) is 6.42 Å². The summed E-state index contributed by atoms with van der Waals surface area (Å²) in [5, 5.41) is 8.18. The number of amides is 1. The predicted molar refractivity (Wildman–Crippen MR) is 102 cm³/mol. The maximum absolute atomic E-state index is 12.7. The lowest BCUT2D eigenvalue weighted by atomic mass is 10.1. The fourth-order valence-corrected chi connectivity index (χ4v) is 3.70. The van der Waals surface area contributed by atoms with Gasteiger partial charge < -0.3 is 9.88 Å². The summed E-state index contributed by atoms with van der Waals surface area (Å²) in [5.41, 5.74) is 2.71. The molecule has 4 aromatic rings. The van der Waals surface area contributed by atoms with Gasteiger partial charge >= 0.3 is 0 Å². The summed E-state index contributed by atoms with van der Waals surface area (Å²) in [6, 6.07) is 15.7. The standard InChI is InChI=1S/C20H17N3OS/c24-19(22-17-7-3-5-15-6-4-9-21-20(15)17)13-18(16-8-12-25-14-16)23-10-1-2-11-23/h1-12,14,18H,13H2,(H,22,24). The van der Waals surface area contributed by atoms with Gasteiger partial charge in [0.1, 0.15) is 0 Å². The first kappa shape index (κ1) is 15.6. The van der Waals surface area contributed by atoms with E-state index in [1.165, 1.54) is 0 Å². The molecule has 0 bridgehead atoms. The van der Waals surface area contributed by atoms with Gasteiger partial charge in [-0.15, -0.1) is 0 Å². The average Bonchev–Trinajstić information content (AvgIpc) is 3.34. The Kier molecular flexibility index (Phi) is 4.31. The quantitative estimate of drug-likeness (QED) is 0.568. The molecule has 1 atom stereocenters. The topological polar surface area (TPSA) is 46.9 Å². The lowest BCUT2D eigenvalue weighted by molar-refractivity contribution is -0.116. The van der Waals surface area contributed by atoms with Crippen LogP contribution in [0.1, 0.15) is 18.0 Å². The Morgan fingerprint density at radius 2 is 1.96 bits per heavy atom. The van der Waals surface area contributed by atoms with E-state index in [2.05, 4.69) is 26.3 Å². The molecule has 3 aromatic heterocycles. The van der Waals surface area contributed by atoms with Crippen molar-refractivity contribution in [1.82, 2.24) is 9.55 Å². The molecule has 1 aromatic carbocycles. The predicted octanol–water partition coefficient (Wildman–Crippen LogP) is 4.72. The summed E-state index contributed by atoms with van der Waals surface area (Å²) in [4.78, 5) is 17.1. The van der Waals surface area contributed by atoms with E-state index in [1.54, 1.807) is 17.5 Å². The number of nitrogens with zero attached hydrogens (tertiary/aromatic N) is 2. The van der Waals surface area contributed by atoms with E-state index in [4.69, 9.17) is 0 Å². The Morgan fingerprint density at radius 1 is 1.12 bits per heavy atom. The summed E-state index contributed by atoms with van der Waals surface area (Å²) >= 11 is 1.64. The molecule has 0 fully saturated rings. The zero-order valence-corrected chi connectivity index (χ0v) is 14.3. The number of anilines is 1. The maximum Gasteiger partial charge on any atom is 0.226 e. The summed E-state index contributed by atoms with van der Waals surface area (Å²) in [5.74, 6) is -0.0250. The number of para-hydroxylation sites is 1. The molecule has 0 saturated heterocycles. The summed E-state index contributed by atoms with van der Waals surface area (Å²) in [7, 11) is 0. The third-order valence-corrected chi connectivity index (χ3v) is 4.90. The van der Waals surface area contributed by atoms with E-state index >= 15 is 0 Å². The summed E-state index contributed by atoms with van der Waals surface area (Å²) in [6.45, 7) is 0. The highest BCUT2D eigenvalue weighted by atomic mass is 32.1. The number of hydrogen-bond donors (Lipinski definition) is 1. The van der Waals surface area contributed by atoms with Gasteiger partial charge in [-0.25, -0.2) is 0 Å². The molecule has 0 saturated carbocycles. The lowest BCUT2D eigenvalue weighted by Crippen LogP contribution is -2.19. The minimum Gasteiger partial charge on any atom is -0.346 e. The molecule has 1 amide bonds. The van der Waals surface area contributed by atoms with Crippen LogP contribution in [0.3, 0.4) is 0 Å². The van der Waals surface area contributed by atoms with E-state index in [-0.39, 0.29) is 11.9 Å². The molecule has 25 heavy (non-hydrogen) atoms. The highest BCUT2D eigenvalue weighted by molar-refractivity contribution is 7.08. The van der Waals surface area contributed by atoms with Crippen molar-refractivity contribution in [3.05, 3.63) is 83.4 Å². The molecular formula is C20H17N3OS. The molecule has 0 radical (unpaired) electrons. The Morgan fingerprint density at radius 3 is 2.76 bits per heavy atom. The van der Waals surface area contributed by atoms with Crippen LogP contribution < -0.4 is 5.32 Å². The molecule has 3 heterocycles. The molecule has 1 unspecified atom stereocenters. The highest BCUT2D eigenvalue weighted by Gasteiger charge is 2.18. The van der Waals surface area contributed by atoms with Crippen LogP contribution in [-0.2, 0) is 4.79 Å². The van der Waals surface area contributed by atoms with Gasteiger partial charge in [-0.2, -0.15) is 11.3 Å². The molecule has 4 nitrogen and oxygen atoms in total. The minimum atomic E-state index is -0.0250. The molecule has 0 aliphatic heterocycles. The second-order valence-electron chi connectivity index (χ2n) is 5.84. The van der Waals surface area contributed by atoms with Crippen molar-refractivity contribution in [3.8, 4) is 0 Å². The number of nitrogens with one attached hydrogen (secondary N) is 1. The van der Waals surface area contributed by atoms with Crippen molar-refractivity contribution < 1.29 is 4.79 Å². The Labute approximate surface area is 149 Å². The normalized spacial score (nSPS) is 12.2. The summed E-state index contributed by atoms with van der Waals surface area (Å²) < 4.78 is 2.07. The molecule has 124 valence electrons. The number of carbonyl (C=O) groups is 1. The molecule has 0 spiro atoms. The Bertz CT molecular complexity index is 938. The largest absolute Gasteiger partial charge is 0.346 e. The fraction of sp³-hybridized carbons (Fsp3) is 0.100. The number of thiophene rings is 1. The van der Waals surface area contributed by atoms with Crippen LogP contribution in [-0.4, -0.2) is 15.5 Å². The van der Waals surface area contributed by atoms with E-state index < -0.39 is 0 Å². The number of rotatable bonds is 5. The number of fused-ring (bicyclic) bond motifs is 1. The number of benzene rings is 1. The maximum atomic E-state index is 12.7. The molecule has 1 N–H and O–H groups in total. The number of pyridine rings is 1. The monoisotopic (exact) mass is 347 g/mol. The SMILES string of the molecule is O=C(CC(c1ccsc1)n1cccc1)Nc1cccc2cccnc12. The molecule has 5 heteroatoms. The van der Waals surface area contributed by atoms with Gasteiger partial charge in [0, 0.05) is 24.0 Å². The van der Waals surface area contributed by atoms with Crippen LogP contribution in [0.2, 0.25) is 0 Å². The van der Waals surface area contributed by atoms with Crippen molar-refractivity contribution in [3.63, 3.8) is 0 Å². The van der Waals surface area contributed by atoms with E-state index in [0.717, 1.165) is 22.2 Å². The van der Waals surface area contributed by atoms with Crippen molar-refractivity contribution in [1.29, 1.82) is 0 Å². The molecular weight excluding hydrogens is 330 g/mol. The lowest BCUT2D eigenvalue weighted by Gasteiger charge is -2.18. The van der Waals surface area contributed by atoms with Gasteiger partial charge in [0.15, 0.2) is 0 Å². The van der Waals surface area contributed by atoms with Gasteiger partial charge in [-0.05, 0) is 46.7 Å². The second kappa shape index (κ2) is 6.91. The Hall–Kier alpha value is -2.92. The molecule has 4 rings (SSSR count). The fourth-order valence-electron chi connectivity index (χ4n) is 3.00. The molecule has 0 aliphatic rings. The van der Waals surface area contributed by atoms with Crippen molar-refractivity contribution >= 4 is 33.8 Å². The van der Waals surface area contributed by atoms with Crippen LogP contribution in [0.5, 0.6) is 0 Å². The number of aromatic nitrogens is 2. The zero-order valence-electron chi connectivity index (χ0n) is 13.5. The highest BCUT2D eigenvalue weighted by Crippen LogP contribution is 2.26. The summed E-state index contributed by atoms with van der Waals surface area (Å²) in [6.07, 6.45) is 6.10. The van der Waals surface area contributed by atoms with Gasteiger partial charge in [0.05, 0.1) is 23.7 Å². The Balaban J connectivity index is 1.58. The first-order valence-corrected chi connectivity index (χ1v) is 9.04. The van der Waals surface area contributed by atoms with E-state index in [9.17, 15) is 4.79 Å². The third kappa shape index (κ3) is 3.32. The van der Waals surface area contributed by atoms with Gasteiger partial charge in [0.25, 0.3) is 0 Å².